The van der Waals surface area contributed by atoms with Crippen molar-refractivity contribution in [3.05, 3.63) is 12.7 Å². The Hall–Kier alpha value is -0.340. The average molecular weight is 170 g/mol. The van der Waals surface area contributed by atoms with Crippen LogP contribution >= 0.6 is 0 Å². The maximum atomic E-state index is 5.88. The van der Waals surface area contributed by atoms with Gasteiger partial charge in [-0.25, -0.2) is 0 Å². The summed E-state index contributed by atoms with van der Waals surface area (Å²) in [6.07, 6.45) is 2.97. The topological polar surface area (TPSA) is 29.3 Å². The quantitative estimate of drug-likeness (QED) is 0.614. The van der Waals surface area contributed by atoms with Crippen molar-refractivity contribution >= 4 is 0 Å². The van der Waals surface area contributed by atoms with Gasteiger partial charge in [0.05, 0.1) is 0 Å². The van der Waals surface area contributed by atoms with Crippen LogP contribution in [-0.2, 0) is 0 Å². The van der Waals surface area contributed by atoms with Crippen LogP contribution in [0, 0.1) is 0 Å². The van der Waals surface area contributed by atoms with Gasteiger partial charge in [-0.2, -0.15) is 0 Å². The van der Waals surface area contributed by atoms with Gasteiger partial charge in [0, 0.05) is 18.6 Å². The van der Waals surface area contributed by atoms with E-state index in [9.17, 15) is 0 Å². The molecule has 0 bridgehead atoms. The monoisotopic (exact) mass is 170 g/mol. The van der Waals surface area contributed by atoms with Gasteiger partial charge >= 0.3 is 0 Å². The summed E-state index contributed by atoms with van der Waals surface area (Å²) in [5.41, 5.74) is 5.84. The molecule has 0 aliphatic carbocycles. The maximum absolute atomic E-state index is 5.88. The van der Waals surface area contributed by atoms with E-state index in [-0.39, 0.29) is 5.54 Å². The van der Waals surface area contributed by atoms with Crippen LogP contribution in [0.15, 0.2) is 12.7 Å². The number of rotatable bonds is 6. The number of hydrogen-bond acceptors (Lipinski definition) is 2. The molecule has 2 N–H and O–H groups in total. The van der Waals surface area contributed by atoms with E-state index in [2.05, 4.69) is 32.3 Å². The molecular formula is C10H22N2. The summed E-state index contributed by atoms with van der Waals surface area (Å²) in [5.74, 6) is 0. The minimum Gasteiger partial charge on any atom is -0.326 e. The van der Waals surface area contributed by atoms with Gasteiger partial charge < -0.3 is 5.73 Å². The molecule has 0 rings (SSSR count). The molecule has 2 nitrogen and oxygen atoms in total. The molecule has 0 aliphatic heterocycles. The highest BCUT2D eigenvalue weighted by Gasteiger charge is 2.11. The Balaban J connectivity index is 3.64. The fraction of sp³-hybridized carbons (Fsp3) is 0.800. The molecule has 72 valence electrons. The molecule has 0 heterocycles. The number of nitrogens with zero attached hydrogens (tertiary/aromatic N) is 1. The first-order chi connectivity index (χ1) is 5.49. The molecular weight excluding hydrogens is 148 g/mol. The minimum absolute atomic E-state index is 0.0470. The molecule has 12 heavy (non-hydrogen) atoms. The smallest absolute Gasteiger partial charge is 0.0160 e. The van der Waals surface area contributed by atoms with E-state index in [0.29, 0.717) is 0 Å². The van der Waals surface area contributed by atoms with Gasteiger partial charge in [-0.05, 0) is 26.8 Å². The first kappa shape index (κ1) is 11.7. The molecule has 0 unspecified atom stereocenters. The SMILES string of the molecule is C=CCN(CC)CCC(C)(C)N. The van der Waals surface area contributed by atoms with Crippen LogP contribution in [0.3, 0.4) is 0 Å². The molecule has 0 aromatic heterocycles. The van der Waals surface area contributed by atoms with Crippen molar-refractivity contribution in [2.75, 3.05) is 19.6 Å². The predicted molar refractivity (Wildman–Crippen MR) is 55.2 cm³/mol. The van der Waals surface area contributed by atoms with E-state index >= 15 is 0 Å². The highest BCUT2D eigenvalue weighted by atomic mass is 15.1. The van der Waals surface area contributed by atoms with Crippen molar-refractivity contribution in [3.63, 3.8) is 0 Å². The first-order valence-corrected chi connectivity index (χ1v) is 4.61. The van der Waals surface area contributed by atoms with Gasteiger partial charge in [-0.3, -0.25) is 4.90 Å². The molecule has 2 heteroatoms. The highest BCUT2D eigenvalue weighted by molar-refractivity contribution is 4.77. The zero-order chi connectivity index (χ0) is 9.61. The zero-order valence-electron chi connectivity index (χ0n) is 8.64. The summed E-state index contributed by atoms with van der Waals surface area (Å²) in [4.78, 5) is 2.33. The third kappa shape index (κ3) is 6.38. The van der Waals surface area contributed by atoms with E-state index in [4.69, 9.17) is 5.73 Å². The Morgan fingerprint density at radius 2 is 2.08 bits per heavy atom. The fourth-order valence-corrected chi connectivity index (χ4v) is 1.01. The Morgan fingerprint density at radius 3 is 2.42 bits per heavy atom. The zero-order valence-corrected chi connectivity index (χ0v) is 8.64. The van der Waals surface area contributed by atoms with E-state index in [1.165, 1.54) is 0 Å². The van der Waals surface area contributed by atoms with Crippen molar-refractivity contribution in [2.24, 2.45) is 5.73 Å². The van der Waals surface area contributed by atoms with E-state index in [0.717, 1.165) is 26.1 Å². The average Bonchev–Trinajstić information content (AvgIpc) is 1.96. The van der Waals surface area contributed by atoms with E-state index < -0.39 is 0 Å². The molecule has 0 spiro atoms. The Kier molecular flexibility index (Phi) is 5.18. The van der Waals surface area contributed by atoms with Crippen molar-refractivity contribution in [1.29, 1.82) is 0 Å². The third-order valence-electron chi connectivity index (χ3n) is 1.91. The summed E-state index contributed by atoms with van der Waals surface area (Å²) in [6, 6.07) is 0. The standard InChI is InChI=1S/C10H22N2/c1-5-8-12(6-2)9-7-10(3,4)11/h5H,1,6-9,11H2,2-4H3. The van der Waals surface area contributed by atoms with Crippen LogP contribution < -0.4 is 5.73 Å². The van der Waals surface area contributed by atoms with Crippen molar-refractivity contribution < 1.29 is 0 Å². The fourth-order valence-electron chi connectivity index (χ4n) is 1.01. The Bertz CT molecular complexity index is 124. The van der Waals surface area contributed by atoms with Gasteiger partial charge in [-0.1, -0.05) is 13.0 Å². The lowest BCUT2D eigenvalue weighted by Gasteiger charge is -2.24. The van der Waals surface area contributed by atoms with Gasteiger partial charge in [-0.15, -0.1) is 6.58 Å². The molecule has 0 aromatic carbocycles. The largest absolute Gasteiger partial charge is 0.326 e. The summed E-state index contributed by atoms with van der Waals surface area (Å²) in [6.45, 7) is 13.1. The lowest BCUT2D eigenvalue weighted by molar-refractivity contribution is 0.283. The van der Waals surface area contributed by atoms with Crippen LogP contribution in [0.2, 0.25) is 0 Å². The molecule has 0 atom stereocenters. The van der Waals surface area contributed by atoms with Crippen LogP contribution in [0.5, 0.6) is 0 Å². The first-order valence-electron chi connectivity index (χ1n) is 4.61. The van der Waals surface area contributed by atoms with Crippen LogP contribution in [0.4, 0.5) is 0 Å². The molecule has 0 aliphatic rings. The van der Waals surface area contributed by atoms with E-state index in [1.54, 1.807) is 0 Å². The van der Waals surface area contributed by atoms with Gasteiger partial charge in [0.2, 0.25) is 0 Å². The second-order valence-corrected chi connectivity index (χ2v) is 3.92. The molecule has 0 saturated heterocycles. The normalized spacial score (nSPS) is 12.1. The second-order valence-electron chi connectivity index (χ2n) is 3.92. The van der Waals surface area contributed by atoms with E-state index in [1.807, 2.05) is 6.08 Å². The minimum atomic E-state index is -0.0470. The maximum Gasteiger partial charge on any atom is 0.0160 e. The summed E-state index contributed by atoms with van der Waals surface area (Å²) < 4.78 is 0. The van der Waals surface area contributed by atoms with Crippen LogP contribution in [0.1, 0.15) is 27.2 Å². The molecule has 0 aromatic rings. The second kappa shape index (κ2) is 5.33. The van der Waals surface area contributed by atoms with Crippen LogP contribution in [0.25, 0.3) is 0 Å². The third-order valence-corrected chi connectivity index (χ3v) is 1.91. The molecule has 0 radical (unpaired) electrons. The molecule has 0 fully saturated rings. The Labute approximate surface area is 76.4 Å². The van der Waals surface area contributed by atoms with Crippen LogP contribution in [-0.4, -0.2) is 30.1 Å². The number of nitrogens with two attached hydrogens (primary N) is 1. The summed E-state index contributed by atoms with van der Waals surface area (Å²) in [5, 5.41) is 0. The van der Waals surface area contributed by atoms with Gasteiger partial charge in [0.1, 0.15) is 0 Å². The van der Waals surface area contributed by atoms with Gasteiger partial charge in [0.25, 0.3) is 0 Å². The van der Waals surface area contributed by atoms with Crippen molar-refractivity contribution in [3.8, 4) is 0 Å². The lowest BCUT2D eigenvalue weighted by atomic mass is 10.0. The summed E-state index contributed by atoms with van der Waals surface area (Å²) >= 11 is 0. The highest BCUT2D eigenvalue weighted by Crippen LogP contribution is 2.04. The van der Waals surface area contributed by atoms with Crippen molar-refractivity contribution in [1.82, 2.24) is 4.90 Å². The number of hydrogen-bond donors (Lipinski definition) is 1. The van der Waals surface area contributed by atoms with Gasteiger partial charge in [0.15, 0.2) is 0 Å². The Morgan fingerprint density at radius 1 is 1.50 bits per heavy atom. The number of likely N-dealkylation sites (N-methyl/N-ethyl adjacent to an activating group) is 1. The molecule has 0 saturated carbocycles. The molecule has 0 amide bonds. The predicted octanol–water partition coefficient (Wildman–Crippen LogP) is 1.62. The lowest BCUT2D eigenvalue weighted by Crippen LogP contribution is -2.37. The van der Waals surface area contributed by atoms with Crippen molar-refractivity contribution in [2.45, 2.75) is 32.7 Å². The summed E-state index contributed by atoms with van der Waals surface area (Å²) in [7, 11) is 0.